The molecule has 200 valence electrons. The number of ether oxygens (including phenoxy) is 1. The Kier molecular flexibility index (Phi) is 6.96. The van der Waals surface area contributed by atoms with Crippen LogP contribution in [0.3, 0.4) is 0 Å². The number of pyridine rings is 1. The molecule has 0 radical (unpaired) electrons. The summed E-state index contributed by atoms with van der Waals surface area (Å²) in [5.41, 5.74) is 6.09. The molecule has 1 aliphatic rings. The second-order valence-electron chi connectivity index (χ2n) is 9.64. The van der Waals surface area contributed by atoms with Gasteiger partial charge in [0.15, 0.2) is 0 Å². The number of carbonyl (C=O) groups is 1. The number of aromatic nitrogens is 2. The number of thiazole rings is 1. The zero-order valence-electron chi connectivity index (χ0n) is 22.2. The topological polar surface area (TPSA) is 79.7 Å². The lowest BCUT2D eigenvalue weighted by Crippen LogP contribution is -2.19. The average Bonchev–Trinajstić information content (AvgIpc) is 3.57. The van der Waals surface area contributed by atoms with E-state index in [2.05, 4.69) is 41.5 Å². The Morgan fingerprint density at radius 2 is 1.80 bits per heavy atom. The summed E-state index contributed by atoms with van der Waals surface area (Å²) in [4.78, 5) is 23.2. The molecule has 9 heteroatoms. The van der Waals surface area contributed by atoms with E-state index in [0.717, 1.165) is 39.2 Å². The average molecular weight is 568 g/mol. The van der Waals surface area contributed by atoms with E-state index in [4.69, 9.17) is 26.4 Å². The van der Waals surface area contributed by atoms with E-state index in [1.165, 1.54) is 16.9 Å². The van der Waals surface area contributed by atoms with Gasteiger partial charge in [0, 0.05) is 23.1 Å². The molecule has 1 atom stereocenters. The van der Waals surface area contributed by atoms with E-state index in [1.54, 1.807) is 7.11 Å². The van der Waals surface area contributed by atoms with Crippen LogP contribution >= 0.6 is 22.9 Å². The molecule has 1 amide bonds. The maximum Gasteiger partial charge on any atom is 0.267 e. The Balaban J connectivity index is 1.41. The lowest BCUT2D eigenvalue weighted by molar-refractivity contribution is 0.103. The second-order valence-corrected chi connectivity index (χ2v) is 11.0. The van der Waals surface area contributed by atoms with Crippen LogP contribution in [0.4, 0.5) is 10.8 Å². The first-order valence-electron chi connectivity index (χ1n) is 12.8. The van der Waals surface area contributed by atoms with Crippen molar-refractivity contribution in [1.29, 1.82) is 0 Å². The molecule has 7 nitrogen and oxygen atoms in total. The SMILES string of the molecule is COc1ccc2nc(Cl)c(C3CC(c4ccc(C)cc4)=NN3c3nc(C)c(C(=O)Nc4ccccc4)s3)cc2c1. The van der Waals surface area contributed by atoms with Crippen LogP contribution in [0.2, 0.25) is 5.15 Å². The smallest absolute Gasteiger partial charge is 0.267 e. The van der Waals surface area contributed by atoms with Gasteiger partial charge >= 0.3 is 0 Å². The highest BCUT2D eigenvalue weighted by atomic mass is 35.5. The third-order valence-corrected chi connectivity index (χ3v) is 8.32. The van der Waals surface area contributed by atoms with Crippen molar-refractivity contribution >= 4 is 56.3 Å². The van der Waals surface area contributed by atoms with Gasteiger partial charge in [0.25, 0.3) is 5.91 Å². The van der Waals surface area contributed by atoms with E-state index in [9.17, 15) is 4.79 Å². The van der Waals surface area contributed by atoms with Crippen molar-refractivity contribution in [2.45, 2.75) is 26.3 Å². The number of anilines is 2. The third-order valence-electron chi connectivity index (χ3n) is 6.88. The second kappa shape index (κ2) is 10.7. The quantitative estimate of drug-likeness (QED) is 0.214. The minimum atomic E-state index is -0.262. The Hall–Kier alpha value is -4.27. The fourth-order valence-electron chi connectivity index (χ4n) is 4.76. The number of hydrazone groups is 1. The first kappa shape index (κ1) is 26.0. The zero-order valence-corrected chi connectivity index (χ0v) is 23.8. The molecule has 1 aliphatic heterocycles. The molecule has 3 heterocycles. The van der Waals surface area contributed by atoms with Gasteiger partial charge in [-0.15, -0.1) is 0 Å². The number of rotatable bonds is 6. The number of hydrogen-bond acceptors (Lipinski definition) is 7. The number of amides is 1. The first-order valence-corrected chi connectivity index (χ1v) is 14.0. The highest BCUT2D eigenvalue weighted by Gasteiger charge is 2.34. The van der Waals surface area contributed by atoms with Crippen LogP contribution in [-0.2, 0) is 0 Å². The van der Waals surface area contributed by atoms with Crippen LogP contribution in [0.1, 0.15) is 44.5 Å². The highest BCUT2D eigenvalue weighted by Crippen LogP contribution is 2.42. The number of nitrogens with one attached hydrogen (secondary N) is 1. The van der Waals surface area contributed by atoms with Crippen molar-refractivity contribution in [2.75, 3.05) is 17.4 Å². The van der Waals surface area contributed by atoms with Crippen LogP contribution < -0.4 is 15.1 Å². The molecular formula is C31H26ClN5O2S. The van der Waals surface area contributed by atoms with Crippen molar-refractivity contribution in [3.05, 3.63) is 111 Å². The summed E-state index contributed by atoms with van der Waals surface area (Å²) in [6, 6.07) is 25.2. The largest absolute Gasteiger partial charge is 0.497 e. The summed E-state index contributed by atoms with van der Waals surface area (Å²) in [5.74, 6) is 0.537. The Labute approximate surface area is 241 Å². The summed E-state index contributed by atoms with van der Waals surface area (Å²) in [6.07, 6.45) is 0.601. The number of carbonyl (C=O) groups excluding carboxylic acids is 1. The summed E-state index contributed by atoms with van der Waals surface area (Å²) in [6.45, 7) is 3.90. The molecule has 0 bridgehead atoms. The molecule has 0 spiro atoms. The van der Waals surface area contributed by atoms with Gasteiger partial charge in [-0.2, -0.15) is 5.10 Å². The molecule has 0 saturated heterocycles. The van der Waals surface area contributed by atoms with Crippen LogP contribution in [0.15, 0.2) is 84.0 Å². The maximum atomic E-state index is 13.2. The molecule has 1 N–H and O–H groups in total. The molecule has 2 aromatic heterocycles. The predicted octanol–water partition coefficient (Wildman–Crippen LogP) is 7.58. The van der Waals surface area contributed by atoms with Crippen molar-refractivity contribution in [2.24, 2.45) is 5.10 Å². The number of halogens is 1. The predicted molar refractivity (Wildman–Crippen MR) is 162 cm³/mol. The summed E-state index contributed by atoms with van der Waals surface area (Å²) < 4.78 is 5.43. The van der Waals surface area contributed by atoms with Gasteiger partial charge in [-0.25, -0.2) is 15.0 Å². The Morgan fingerprint density at radius 3 is 2.55 bits per heavy atom. The molecule has 40 heavy (non-hydrogen) atoms. The number of methoxy groups -OCH3 is 1. The fraction of sp³-hybridized carbons (Fsp3) is 0.161. The lowest BCUT2D eigenvalue weighted by Gasteiger charge is -2.22. The van der Waals surface area contributed by atoms with Gasteiger partial charge < -0.3 is 10.1 Å². The number of para-hydroxylation sites is 1. The van der Waals surface area contributed by atoms with Crippen LogP contribution in [-0.4, -0.2) is 28.7 Å². The van der Waals surface area contributed by atoms with E-state index < -0.39 is 0 Å². The van der Waals surface area contributed by atoms with Gasteiger partial charge in [-0.05, 0) is 55.8 Å². The summed E-state index contributed by atoms with van der Waals surface area (Å²) in [7, 11) is 1.64. The number of hydrogen-bond donors (Lipinski definition) is 1. The number of fused-ring (bicyclic) bond motifs is 1. The standard InChI is InChI=1S/C31H26ClN5O2S/c1-18-9-11-20(12-10-18)26-17-27(24-16-21-15-23(39-3)13-14-25(21)35-29(24)32)37(36-26)31-33-19(2)28(40-31)30(38)34-22-7-5-4-6-8-22/h4-16,27H,17H2,1-3H3,(H,34,38). The normalized spacial score (nSPS) is 14.8. The van der Waals surface area contributed by atoms with Crippen molar-refractivity contribution in [3.8, 4) is 5.75 Å². The van der Waals surface area contributed by atoms with Crippen LogP contribution in [0, 0.1) is 13.8 Å². The molecule has 6 rings (SSSR count). The maximum absolute atomic E-state index is 13.2. The Morgan fingerprint density at radius 1 is 1.02 bits per heavy atom. The summed E-state index contributed by atoms with van der Waals surface area (Å²) >= 11 is 8.11. The molecule has 5 aromatic rings. The van der Waals surface area contributed by atoms with Gasteiger partial charge in [0.1, 0.15) is 15.8 Å². The molecule has 1 unspecified atom stereocenters. The van der Waals surface area contributed by atoms with Gasteiger partial charge in [0.2, 0.25) is 5.13 Å². The van der Waals surface area contributed by atoms with Gasteiger partial charge in [-0.1, -0.05) is 71.0 Å². The third kappa shape index (κ3) is 5.03. The molecule has 0 saturated carbocycles. The minimum absolute atomic E-state index is 0.205. The monoisotopic (exact) mass is 567 g/mol. The number of aryl methyl sites for hydroxylation is 2. The molecule has 0 aliphatic carbocycles. The zero-order chi connectivity index (χ0) is 27.8. The van der Waals surface area contributed by atoms with Crippen molar-refractivity contribution in [3.63, 3.8) is 0 Å². The number of benzene rings is 3. The lowest BCUT2D eigenvalue weighted by atomic mass is 9.98. The molecule has 0 fully saturated rings. The van der Waals surface area contributed by atoms with Crippen LogP contribution in [0.5, 0.6) is 5.75 Å². The minimum Gasteiger partial charge on any atom is -0.497 e. The van der Waals surface area contributed by atoms with Crippen molar-refractivity contribution < 1.29 is 9.53 Å². The van der Waals surface area contributed by atoms with Crippen molar-refractivity contribution in [1.82, 2.24) is 9.97 Å². The van der Waals surface area contributed by atoms with Gasteiger partial charge in [-0.3, -0.25) is 4.79 Å². The summed E-state index contributed by atoms with van der Waals surface area (Å²) in [5, 5.41) is 11.8. The molecule has 3 aromatic carbocycles. The highest BCUT2D eigenvalue weighted by molar-refractivity contribution is 7.17. The van der Waals surface area contributed by atoms with Gasteiger partial charge in [0.05, 0.1) is 30.1 Å². The molecular weight excluding hydrogens is 542 g/mol. The first-order chi connectivity index (χ1) is 19.4. The van der Waals surface area contributed by atoms with Crippen LogP contribution in [0.25, 0.3) is 10.9 Å². The number of nitrogens with zero attached hydrogens (tertiary/aromatic N) is 4. The Bertz CT molecular complexity index is 1750. The van der Waals surface area contributed by atoms with E-state index in [0.29, 0.717) is 27.3 Å². The van der Waals surface area contributed by atoms with E-state index >= 15 is 0 Å². The van der Waals surface area contributed by atoms with E-state index in [-0.39, 0.29) is 11.9 Å². The fourth-order valence-corrected chi connectivity index (χ4v) is 5.99. The van der Waals surface area contributed by atoms with E-state index in [1.807, 2.05) is 66.5 Å².